The third kappa shape index (κ3) is 32.8. The molecule has 5 nitrogen and oxygen atoms in total. The topological polar surface area (TPSA) is 53.8 Å². The van der Waals surface area contributed by atoms with E-state index in [1.807, 2.05) is 39.4 Å². The number of hydrogen-bond acceptors (Lipinski definition) is 5. The molecule has 3 N–H and O–H groups in total. The van der Waals surface area contributed by atoms with E-state index < -0.39 is 0 Å². The second-order valence-corrected chi connectivity index (χ2v) is 5.39. The zero-order valence-electron chi connectivity index (χ0n) is 16.6. The molecule has 1 fully saturated rings. The molecule has 0 aromatic rings. The Hall–Kier alpha value is -0.980. The molecule has 0 aliphatic carbocycles. The maximum atomic E-state index is 5.17. The number of nitrogens with one attached hydrogen (secondary N) is 1. The van der Waals surface area contributed by atoms with Crippen molar-refractivity contribution in [3.63, 3.8) is 0 Å². The van der Waals surface area contributed by atoms with Crippen LogP contribution in [0.4, 0.5) is 0 Å². The predicted molar refractivity (Wildman–Crippen MR) is 110 cm³/mol. The van der Waals surface area contributed by atoms with Crippen molar-refractivity contribution in [3.05, 3.63) is 38.0 Å². The molecule has 0 atom stereocenters. The predicted octanol–water partition coefficient (Wildman–Crippen LogP) is 1.99. The van der Waals surface area contributed by atoms with E-state index in [-0.39, 0.29) is 0 Å². The Morgan fingerprint density at radius 3 is 1.88 bits per heavy atom. The number of ether oxygens (including phenoxy) is 1. The van der Waals surface area contributed by atoms with Gasteiger partial charge in [-0.15, -0.1) is 19.7 Å². The molecule has 0 aromatic carbocycles. The summed E-state index contributed by atoms with van der Waals surface area (Å²) in [7, 11) is 5.92. The molecule has 0 aromatic heterocycles. The van der Waals surface area contributed by atoms with Crippen molar-refractivity contribution in [3.8, 4) is 0 Å². The molecular weight excluding hydrogens is 300 g/mol. The summed E-state index contributed by atoms with van der Waals surface area (Å²) in [6.45, 7) is 20.4. The first-order valence-electron chi connectivity index (χ1n) is 8.66. The smallest absolute Gasteiger partial charge is 0.0594 e. The zero-order valence-corrected chi connectivity index (χ0v) is 16.6. The SMILES string of the molecule is C=CCN(C)C.C=CCN1CCOCC1.C=CCNC.CCCN. The molecule has 1 rings (SSSR count). The lowest BCUT2D eigenvalue weighted by Crippen LogP contribution is -2.36. The minimum atomic E-state index is 0.819. The van der Waals surface area contributed by atoms with E-state index in [1.165, 1.54) is 0 Å². The van der Waals surface area contributed by atoms with Gasteiger partial charge in [-0.05, 0) is 34.1 Å². The highest BCUT2D eigenvalue weighted by Gasteiger charge is 2.06. The number of likely N-dealkylation sites (N-methyl/N-ethyl adjacent to an activating group) is 2. The van der Waals surface area contributed by atoms with Gasteiger partial charge in [0, 0.05) is 32.7 Å². The van der Waals surface area contributed by atoms with Gasteiger partial charge >= 0.3 is 0 Å². The summed E-state index contributed by atoms with van der Waals surface area (Å²) >= 11 is 0. The van der Waals surface area contributed by atoms with Crippen molar-refractivity contribution in [2.45, 2.75) is 13.3 Å². The number of morpholine rings is 1. The summed E-state index contributed by atoms with van der Waals surface area (Å²) < 4.78 is 5.17. The normalized spacial score (nSPS) is 13.2. The fourth-order valence-corrected chi connectivity index (χ4v) is 1.37. The zero-order chi connectivity index (χ0) is 19.1. The van der Waals surface area contributed by atoms with Gasteiger partial charge in [0.1, 0.15) is 0 Å². The fraction of sp³-hybridized carbons (Fsp3) is 0.684. The number of nitrogens with two attached hydrogens (primary N) is 1. The van der Waals surface area contributed by atoms with Crippen LogP contribution in [-0.4, -0.2) is 83.4 Å². The standard InChI is InChI=1S/C7H13NO.C5H11N.C4H9N.C3H9N/c1-2-3-8-4-6-9-7-5-8;1-4-5-6(2)3;1-3-4-5-2;1-2-3-4/h2H,1,3-7H2;4H,1,5H2,2-3H3;3,5H,1,4H2,2H3;2-4H2,1H3. The minimum Gasteiger partial charge on any atom is -0.379 e. The van der Waals surface area contributed by atoms with Crippen molar-refractivity contribution in [2.75, 3.05) is 73.6 Å². The van der Waals surface area contributed by atoms with Crippen molar-refractivity contribution < 1.29 is 4.74 Å². The molecule has 0 bridgehead atoms. The average Bonchev–Trinajstić information content (AvgIpc) is 2.58. The molecule has 0 radical (unpaired) electrons. The van der Waals surface area contributed by atoms with Crippen molar-refractivity contribution >= 4 is 0 Å². The van der Waals surface area contributed by atoms with Gasteiger partial charge in [-0.3, -0.25) is 4.90 Å². The van der Waals surface area contributed by atoms with Crippen LogP contribution in [0.15, 0.2) is 38.0 Å². The van der Waals surface area contributed by atoms with E-state index in [0.29, 0.717) is 0 Å². The Labute approximate surface area is 151 Å². The van der Waals surface area contributed by atoms with E-state index in [1.54, 1.807) is 0 Å². The van der Waals surface area contributed by atoms with Crippen molar-refractivity contribution in [1.82, 2.24) is 15.1 Å². The highest BCUT2D eigenvalue weighted by Crippen LogP contribution is 1.94. The van der Waals surface area contributed by atoms with Gasteiger partial charge in [0.2, 0.25) is 0 Å². The molecule has 1 saturated heterocycles. The Bertz CT molecular complexity index is 250. The van der Waals surface area contributed by atoms with E-state index >= 15 is 0 Å². The van der Waals surface area contributed by atoms with E-state index in [2.05, 4.69) is 41.8 Å². The van der Waals surface area contributed by atoms with E-state index in [4.69, 9.17) is 10.5 Å². The van der Waals surface area contributed by atoms with Gasteiger partial charge in [-0.25, -0.2) is 0 Å². The first-order valence-corrected chi connectivity index (χ1v) is 8.66. The van der Waals surface area contributed by atoms with Crippen LogP contribution in [0.1, 0.15) is 13.3 Å². The molecule has 1 aliphatic heterocycles. The van der Waals surface area contributed by atoms with Crippen LogP contribution >= 0.6 is 0 Å². The van der Waals surface area contributed by atoms with Crippen molar-refractivity contribution in [1.29, 1.82) is 0 Å². The van der Waals surface area contributed by atoms with Crippen LogP contribution in [0.5, 0.6) is 0 Å². The summed E-state index contributed by atoms with van der Waals surface area (Å²) in [5, 5.41) is 2.90. The maximum absolute atomic E-state index is 5.17. The van der Waals surface area contributed by atoms with Gasteiger partial charge in [0.25, 0.3) is 0 Å². The third-order valence-corrected chi connectivity index (χ3v) is 2.62. The molecule has 144 valence electrons. The van der Waals surface area contributed by atoms with Crippen LogP contribution in [0.2, 0.25) is 0 Å². The number of hydrogen-bond donors (Lipinski definition) is 2. The molecular formula is C19H42N4O. The van der Waals surface area contributed by atoms with Crippen LogP contribution in [0, 0.1) is 0 Å². The molecule has 24 heavy (non-hydrogen) atoms. The summed E-state index contributed by atoms with van der Waals surface area (Å²) in [5.74, 6) is 0. The Morgan fingerprint density at radius 1 is 1.12 bits per heavy atom. The molecule has 0 unspecified atom stereocenters. The molecule has 5 heteroatoms. The van der Waals surface area contributed by atoms with Gasteiger partial charge in [-0.2, -0.15) is 0 Å². The molecule has 1 heterocycles. The van der Waals surface area contributed by atoms with Crippen LogP contribution in [0.25, 0.3) is 0 Å². The number of nitrogens with zero attached hydrogens (tertiary/aromatic N) is 2. The molecule has 0 spiro atoms. The van der Waals surface area contributed by atoms with E-state index in [0.717, 1.165) is 58.9 Å². The summed E-state index contributed by atoms with van der Waals surface area (Å²) in [4.78, 5) is 4.39. The molecule has 0 saturated carbocycles. The highest BCUT2D eigenvalue weighted by atomic mass is 16.5. The van der Waals surface area contributed by atoms with Crippen molar-refractivity contribution in [2.24, 2.45) is 5.73 Å². The molecule has 1 aliphatic rings. The minimum absolute atomic E-state index is 0.819. The Balaban J connectivity index is -0.000000260. The highest BCUT2D eigenvalue weighted by molar-refractivity contribution is 4.74. The summed E-state index contributed by atoms with van der Waals surface area (Å²) in [5.41, 5.74) is 5.03. The van der Waals surface area contributed by atoms with Crippen LogP contribution < -0.4 is 11.1 Å². The first-order chi connectivity index (χ1) is 11.5. The Morgan fingerprint density at radius 2 is 1.67 bits per heavy atom. The van der Waals surface area contributed by atoms with Gasteiger partial charge in [-0.1, -0.05) is 25.2 Å². The summed E-state index contributed by atoms with van der Waals surface area (Å²) in [6, 6.07) is 0. The van der Waals surface area contributed by atoms with Gasteiger partial charge in [0.05, 0.1) is 13.2 Å². The average molecular weight is 343 g/mol. The monoisotopic (exact) mass is 342 g/mol. The van der Waals surface area contributed by atoms with Gasteiger partial charge < -0.3 is 20.7 Å². The summed E-state index contributed by atoms with van der Waals surface area (Å²) in [6.07, 6.45) is 6.73. The van der Waals surface area contributed by atoms with Gasteiger partial charge in [0.15, 0.2) is 0 Å². The fourth-order valence-electron chi connectivity index (χ4n) is 1.37. The Kier molecular flexibility index (Phi) is 31.2. The maximum Gasteiger partial charge on any atom is 0.0594 e. The number of rotatable bonds is 7. The van der Waals surface area contributed by atoms with E-state index in [9.17, 15) is 0 Å². The second kappa shape index (κ2) is 26.9. The lowest BCUT2D eigenvalue weighted by molar-refractivity contribution is 0.0434. The molecule has 0 amide bonds. The van der Waals surface area contributed by atoms with Crippen LogP contribution in [-0.2, 0) is 4.74 Å². The quantitative estimate of drug-likeness (QED) is 0.693. The largest absolute Gasteiger partial charge is 0.379 e. The first kappa shape index (κ1) is 27.8. The lowest BCUT2D eigenvalue weighted by atomic mass is 10.4. The lowest BCUT2D eigenvalue weighted by Gasteiger charge is -2.24. The second-order valence-electron chi connectivity index (χ2n) is 5.39. The van der Waals surface area contributed by atoms with Crippen LogP contribution in [0.3, 0.4) is 0 Å². The third-order valence-electron chi connectivity index (χ3n) is 2.62.